The van der Waals surface area contributed by atoms with E-state index < -0.39 is 0 Å². The van der Waals surface area contributed by atoms with Gasteiger partial charge in [-0.1, -0.05) is 12.1 Å². The molecule has 0 spiro atoms. The van der Waals surface area contributed by atoms with E-state index in [9.17, 15) is 9.59 Å². The van der Waals surface area contributed by atoms with Crippen LogP contribution in [0.4, 0.5) is 0 Å². The Hall–Kier alpha value is -2.10. The Labute approximate surface area is 122 Å². The molecule has 108 valence electrons. The zero-order valence-electron chi connectivity index (χ0n) is 11.8. The number of cyclic esters (lactones) is 2. The lowest BCUT2D eigenvalue weighted by atomic mass is 9.66. The van der Waals surface area contributed by atoms with Crippen molar-refractivity contribution in [2.75, 3.05) is 7.11 Å². The molecule has 1 heterocycles. The molecule has 4 nitrogen and oxygen atoms in total. The number of hydrogen-bond donors (Lipinski definition) is 0. The molecule has 2 aliphatic carbocycles. The van der Waals surface area contributed by atoms with Gasteiger partial charge in [0, 0.05) is 0 Å². The van der Waals surface area contributed by atoms with Gasteiger partial charge in [0.2, 0.25) is 0 Å². The topological polar surface area (TPSA) is 52.6 Å². The number of rotatable bonds is 1. The summed E-state index contributed by atoms with van der Waals surface area (Å²) in [6.45, 7) is 0. The molecule has 1 fully saturated rings. The van der Waals surface area contributed by atoms with Gasteiger partial charge in [0.25, 0.3) is 0 Å². The predicted octanol–water partition coefficient (Wildman–Crippen LogP) is 2.36. The van der Waals surface area contributed by atoms with Crippen LogP contribution in [0.1, 0.15) is 24.0 Å². The fourth-order valence-corrected chi connectivity index (χ4v) is 3.98. The van der Waals surface area contributed by atoms with Gasteiger partial charge in [0.15, 0.2) is 0 Å². The molecule has 0 amide bonds. The largest absolute Gasteiger partial charge is 0.497 e. The summed E-state index contributed by atoms with van der Waals surface area (Å²) < 4.78 is 10.1. The molecule has 1 aromatic rings. The first-order valence-electron chi connectivity index (χ1n) is 7.32. The number of methoxy groups -OCH3 is 1. The van der Waals surface area contributed by atoms with Gasteiger partial charge in [0.1, 0.15) is 5.75 Å². The van der Waals surface area contributed by atoms with Crippen molar-refractivity contribution in [2.24, 2.45) is 17.8 Å². The zero-order chi connectivity index (χ0) is 14.6. The second kappa shape index (κ2) is 4.45. The molecule has 0 unspecified atom stereocenters. The van der Waals surface area contributed by atoms with Crippen LogP contribution in [0, 0.1) is 17.8 Å². The zero-order valence-corrected chi connectivity index (χ0v) is 11.8. The van der Waals surface area contributed by atoms with E-state index in [1.807, 2.05) is 6.07 Å². The van der Waals surface area contributed by atoms with E-state index in [4.69, 9.17) is 9.47 Å². The fraction of sp³-hybridized carbons (Fsp3) is 0.412. The van der Waals surface area contributed by atoms with Crippen LogP contribution >= 0.6 is 0 Å². The molecule has 0 bridgehead atoms. The number of benzene rings is 1. The molecule has 3 atom stereocenters. The van der Waals surface area contributed by atoms with Crippen LogP contribution in [0.5, 0.6) is 5.75 Å². The van der Waals surface area contributed by atoms with Gasteiger partial charge < -0.3 is 9.47 Å². The van der Waals surface area contributed by atoms with Crippen LogP contribution < -0.4 is 4.74 Å². The van der Waals surface area contributed by atoms with Gasteiger partial charge in [-0.3, -0.25) is 9.59 Å². The van der Waals surface area contributed by atoms with Crippen LogP contribution in [0.3, 0.4) is 0 Å². The average Bonchev–Trinajstić information content (AvgIpc) is 2.81. The first-order chi connectivity index (χ1) is 10.2. The normalized spacial score (nSPS) is 30.0. The van der Waals surface area contributed by atoms with E-state index in [-0.39, 0.29) is 29.7 Å². The summed E-state index contributed by atoms with van der Waals surface area (Å²) in [5.74, 6) is -0.266. The predicted molar refractivity (Wildman–Crippen MR) is 75.5 cm³/mol. The minimum atomic E-state index is -0.346. The Kier molecular flexibility index (Phi) is 2.67. The third-order valence-corrected chi connectivity index (χ3v) is 4.98. The Balaban J connectivity index is 1.77. The Bertz CT molecular complexity index is 673. The van der Waals surface area contributed by atoms with Crippen molar-refractivity contribution < 1.29 is 19.1 Å². The van der Waals surface area contributed by atoms with Crippen molar-refractivity contribution in [2.45, 2.75) is 19.3 Å². The fourth-order valence-electron chi connectivity index (χ4n) is 3.98. The van der Waals surface area contributed by atoms with E-state index in [2.05, 4.69) is 18.2 Å². The summed E-state index contributed by atoms with van der Waals surface area (Å²) in [6.07, 6.45) is 4.51. The number of ether oxygens (including phenoxy) is 2. The van der Waals surface area contributed by atoms with Gasteiger partial charge >= 0.3 is 11.9 Å². The Morgan fingerprint density at radius 1 is 1.19 bits per heavy atom. The first-order valence-corrected chi connectivity index (χ1v) is 7.32. The van der Waals surface area contributed by atoms with Gasteiger partial charge in [-0.25, -0.2) is 0 Å². The number of carbonyl (C=O) groups excluding carboxylic acids is 2. The van der Waals surface area contributed by atoms with Crippen molar-refractivity contribution >= 4 is 17.5 Å². The summed E-state index contributed by atoms with van der Waals surface area (Å²) in [6, 6.07) is 6.08. The summed E-state index contributed by atoms with van der Waals surface area (Å²) >= 11 is 0. The summed E-state index contributed by atoms with van der Waals surface area (Å²) in [7, 11) is 1.66. The highest BCUT2D eigenvalue weighted by atomic mass is 16.6. The van der Waals surface area contributed by atoms with Crippen LogP contribution in [0.15, 0.2) is 24.3 Å². The van der Waals surface area contributed by atoms with Crippen molar-refractivity contribution in [3.05, 3.63) is 35.4 Å². The monoisotopic (exact) mass is 284 g/mol. The number of aryl methyl sites for hydroxylation is 1. The smallest absolute Gasteiger partial charge is 0.318 e. The molecular formula is C17H16O4. The van der Waals surface area contributed by atoms with Gasteiger partial charge in [-0.15, -0.1) is 0 Å². The maximum absolute atomic E-state index is 12.0. The van der Waals surface area contributed by atoms with Crippen molar-refractivity contribution in [3.63, 3.8) is 0 Å². The molecule has 0 N–H and O–H groups in total. The molecule has 3 aliphatic rings. The standard InChI is InChI=1S/C17H16O4/c1-20-10-3-5-11-9(8-10)2-4-13-12(11)6-7-14-15(13)17(19)21-16(14)18/h3,5-6,8,13-15H,2,4,7H2,1H3/t13-,14-,15+/m0/s1. The number of fused-ring (bicyclic) bond motifs is 5. The second-order valence-corrected chi connectivity index (χ2v) is 5.94. The van der Waals surface area contributed by atoms with Gasteiger partial charge in [-0.2, -0.15) is 0 Å². The third kappa shape index (κ3) is 1.75. The first kappa shape index (κ1) is 12.6. The molecule has 4 rings (SSSR count). The highest BCUT2D eigenvalue weighted by molar-refractivity contribution is 5.99. The highest BCUT2D eigenvalue weighted by Gasteiger charge is 2.51. The summed E-state index contributed by atoms with van der Waals surface area (Å²) in [5, 5.41) is 0. The Morgan fingerprint density at radius 2 is 2.05 bits per heavy atom. The molecule has 0 radical (unpaired) electrons. The molecular weight excluding hydrogens is 268 g/mol. The van der Waals surface area contributed by atoms with E-state index in [0.29, 0.717) is 6.42 Å². The SMILES string of the molecule is COc1ccc2c(c1)CC[C@H]1C2=CC[C@@H]2C(=O)OC(=O)[C@@H]21. The van der Waals surface area contributed by atoms with Crippen molar-refractivity contribution in [1.29, 1.82) is 0 Å². The molecule has 0 saturated carbocycles. The van der Waals surface area contributed by atoms with E-state index in [1.165, 1.54) is 16.7 Å². The number of hydrogen-bond acceptors (Lipinski definition) is 4. The van der Waals surface area contributed by atoms with Crippen molar-refractivity contribution in [1.82, 2.24) is 0 Å². The van der Waals surface area contributed by atoms with Crippen molar-refractivity contribution in [3.8, 4) is 5.75 Å². The number of esters is 2. The minimum absolute atomic E-state index is 0.114. The molecule has 4 heteroatoms. The highest BCUT2D eigenvalue weighted by Crippen LogP contribution is 2.49. The lowest BCUT2D eigenvalue weighted by molar-refractivity contribution is -0.154. The van der Waals surface area contributed by atoms with Crippen LogP contribution in [-0.2, 0) is 20.7 Å². The lowest BCUT2D eigenvalue weighted by Gasteiger charge is -2.35. The molecule has 1 aromatic carbocycles. The van der Waals surface area contributed by atoms with Crippen LogP contribution in [-0.4, -0.2) is 19.0 Å². The number of allylic oxidation sites excluding steroid dienone is 2. The van der Waals surface area contributed by atoms with E-state index >= 15 is 0 Å². The number of carbonyl (C=O) groups is 2. The molecule has 1 saturated heterocycles. The second-order valence-electron chi connectivity index (χ2n) is 5.94. The lowest BCUT2D eigenvalue weighted by Crippen LogP contribution is -2.32. The summed E-state index contributed by atoms with van der Waals surface area (Å²) in [5.41, 5.74) is 3.65. The van der Waals surface area contributed by atoms with E-state index in [0.717, 1.165) is 18.6 Å². The van der Waals surface area contributed by atoms with Gasteiger partial charge in [0.05, 0.1) is 18.9 Å². The van der Waals surface area contributed by atoms with Crippen LogP contribution in [0.25, 0.3) is 5.57 Å². The van der Waals surface area contributed by atoms with Gasteiger partial charge in [-0.05, 0) is 54.0 Å². The average molecular weight is 284 g/mol. The Morgan fingerprint density at radius 3 is 2.86 bits per heavy atom. The quantitative estimate of drug-likeness (QED) is 0.587. The summed E-state index contributed by atoms with van der Waals surface area (Å²) in [4.78, 5) is 23.7. The minimum Gasteiger partial charge on any atom is -0.497 e. The van der Waals surface area contributed by atoms with E-state index in [1.54, 1.807) is 7.11 Å². The third-order valence-electron chi connectivity index (χ3n) is 4.98. The molecule has 21 heavy (non-hydrogen) atoms. The maximum atomic E-state index is 12.0. The maximum Gasteiger partial charge on any atom is 0.318 e. The molecule has 0 aromatic heterocycles. The van der Waals surface area contributed by atoms with Crippen LogP contribution in [0.2, 0.25) is 0 Å². The molecule has 1 aliphatic heterocycles.